The van der Waals surface area contributed by atoms with E-state index in [0.717, 1.165) is 19.3 Å². The standard InChI is InChI=1S/C26H33NO4S/c1-2-3-4-5-6-7-8-9-10-13-18-27-32(30,31)20-16-17-23-24(19-20)26(29)22-15-12-11-14-21(22)25(23)28/h11-12,14-17,19,27H,2-10,13,18H2,1H3. The van der Waals surface area contributed by atoms with Crippen LogP contribution in [-0.4, -0.2) is 26.5 Å². The molecule has 172 valence electrons. The summed E-state index contributed by atoms with van der Waals surface area (Å²) in [5.74, 6) is -0.570. The van der Waals surface area contributed by atoms with Gasteiger partial charge in [0.25, 0.3) is 0 Å². The third kappa shape index (κ3) is 5.93. The molecule has 1 aliphatic carbocycles. The lowest BCUT2D eigenvalue weighted by Crippen LogP contribution is -2.26. The van der Waals surface area contributed by atoms with Crippen molar-refractivity contribution in [3.63, 3.8) is 0 Å². The fraction of sp³-hybridized carbons (Fsp3) is 0.462. The number of benzene rings is 2. The summed E-state index contributed by atoms with van der Waals surface area (Å²) in [4.78, 5) is 25.5. The maximum Gasteiger partial charge on any atom is 0.240 e. The second-order valence-corrected chi connectivity index (χ2v) is 10.3. The quantitative estimate of drug-likeness (QED) is 0.337. The minimum Gasteiger partial charge on any atom is -0.289 e. The first kappa shape index (κ1) is 24.3. The Bertz CT molecular complexity index is 1060. The van der Waals surface area contributed by atoms with E-state index in [-0.39, 0.29) is 27.6 Å². The monoisotopic (exact) mass is 455 g/mol. The van der Waals surface area contributed by atoms with Crippen LogP contribution in [0, 0.1) is 0 Å². The summed E-state index contributed by atoms with van der Waals surface area (Å²) in [6.07, 6.45) is 11.9. The van der Waals surface area contributed by atoms with Crippen molar-refractivity contribution in [2.75, 3.05) is 6.54 Å². The lowest BCUT2D eigenvalue weighted by molar-refractivity contribution is 0.0979. The first-order valence-corrected chi connectivity index (χ1v) is 13.3. The van der Waals surface area contributed by atoms with Crippen molar-refractivity contribution in [2.45, 2.75) is 76.0 Å². The molecular weight excluding hydrogens is 422 g/mol. The molecule has 0 aromatic heterocycles. The minimum atomic E-state index is -3.74. The third-order valence-corrected chi connectivity index (χ3v) is 7.49. The van der Waals surface area contributed by atoms with E-state index in [4.69, 9.17) is 0 Å². The number of nitrogens with one attached hydrogen (secondary N) is 1. The highest BCUT2D eigenvalue weighted by Crippen LogP contribution is 2.28. The molecule has 0 radical (unpaired) electrons. The maximum atomic E-state index is 12.8. The Morgan fingerprint density at radius 1 is 0.656 bits per heavy atom. The molecule has 0 unspecified atom stereocenters. The average Bonchev–Trinajstić information content (AvgIpc) is 2.80. The Hall–Kier alpha value is -2.31. The molecule has 0 spiro atoms. The largest absolute Gasteiger partial charge is 0.289 e. The zero-order valence-electron chi connectivity index (χ0n) is 18.9. The van der Waals surface area contributed by atoms with Gasteiger partial charge in [-0.05, 0) is 24.6 Å². The van der Waals surface area contributed by atoms with E-state index >= 15 is 0 Å². The Morgan fingerprint density at radius 2 is 1.16 bits per heavy atom. The highest BCUT2D eigenvalue weighted by Gasteiger charge is 2.30. The Balaban J connectivity index is 1.49. The van der Waals surface area contributed by atoms with Gasteiger partial charge in [-0.1, -0.05) is 89.0 Å². The van der Waals surface area contributed by atoms with Gasteiger partial charge in [0.05, 0.1) is 4.90 Å². The normalized spacial score (nSPS) is 13.2. The van der Waals surface area contributed by atoms with Gasteiger partial charge in [-0.15, -0.1) is 0 Å². The average molecular weight is 456 g/mol. The van der Waals surface area contributed by atoms with Crippen molar-refractivity contribution >= 4 is 21.6 Å². The third-order valence-electron chi connectivity index (χ3n) is 6.03. The van der Waals surface area contributed by atoms with Crippen molar-refractivity contribution in [3.05, 3.63) is 64.7 Å². The number of fused-ring (bicyclic) bond motifs is 2. The summed E-state index contributed by atoms with van der Waals surface area (Å²) >= 11 is 0. The smallest absolute Gasteiger partial charge is 0.240 e. The number of carbonyl (C=O) groups excluding carboxylic acids is 2. The molecule has 1 N–H and O–H groups in total. The van der Waals surface area contributed by atoms with Gasteiger partial charge in [0.15, 0.2) is 11.6 Å². The number of hydrogen-bond donors (Lipinski definition) is 1. The number of hydrogen-bond acceptors (Lipinski definition) is 4. The maximum absolute atomic E-state index is 12.8. The summed E-state index contributed by atoms with van der Waals surface area (Å²) in [6, 6.07) is 10.8. The van der Waals surface area contributed by atoms with Crippen molar-refractivity contribution in [1.82, 2.24) is 4.72 Å². The lowest BCUT2D eigenvalue weighted by Gasteiger charge is -2.18. The molecule has 0 amide bonds. The van der Waals surface area contributed by atoms with E-state index < -0.39 is 10.0 Å². The van der Waals surface area contributed by atoms with Crippen molar-refractivity contribution in [3.8, 4) is 0 Å². The fourth-order valence-electron chi connectivity index (χ4n) is 4.15. The first-order valence-electron chi connectivity index (χ1n) is 11.8. The highest BCUT2D eigenvalue weighted by molar-refractivity contribution is 7.89. The summed E-state index contributed by atoms with van der Waals surface area (Å²) in [5, 5.41) is 0. The van der Waals surface area contributed by atoms with Crippen LogP contribution in [0.3, 0.4) is 0 Å². The molecule has 3 rings (SSSR count). The van der Waals surface area contributed by atoms with Crippen LogP contribution in [-0.2, 0) is 10.0 Å². The molecule has 6 heteroatoms. The van der Waals surface area contributed by atoms with Gasteiger partial charge >= 0.3 is 0 Å². The van der Waals surface area contributed by atoms with Crippen LogP contribution in [0.15, 0.2) is 47.4 Å². The topological polar surface area (TPSA) is 80.3 Å². The van der Waals surface area contributed by atoms with Crippen molar-refractivity contribution in [2.24, 2.45) is 0 Å². The van der Waals surface area contributed by atoms with Crippen LogP contribution in [0.25, 0.3) is 0 Å². The van der Waals surface area contributed by atoms with Gasteiger partial charge in [-0.3, -0.25) is 9.59 Å². The molecule has 1 aliphatic rings. The van der Waals surface area contributed by atoms with E-state index in [1.165, 1.54) is 63.1 Å². The minimum absolute atomic E-state index is 0.0175. The van der Waals surface area contributed by atoms with Crippen molar-refractivity contribution < 1.29 is 18.0 Å². The number of carbonyl (C=O) groups is 2. The van der Waals surface area contributed by atoms with Gasteiger partial charge in [0.2, 0.25) is 10.0 Å². The molecule has 0 bridgehead atoms. The summed E-state index contributed by atoms with van der Waals surface area (Å²) < 4.78 is 28.0. The Labute approximate surface area is 191 Å². The summed E-state index contributed by atoms with van der Waals surface area (Å²) in [7, 11) is -3.74. The molecular formula is C26H33NO4S. The van der Waals surface area contributed by atoms with Crippen LogP contribution < -0.4 is 4.72 Å². The Kier molecular flexibility index (Phi) is 8.76. The molecule has 0 atom stereocenters. The zero-order chi connectivity index (χ0) is 23.0. The van der Waals surface area contributed by atoms with Gasteiger partial charge in [-0.2, -0.15) is 0 Å². The molecule has 0 fully saturated rings. The van der Waals surface area contributed by atoms with E-state index in [0.29, 0.717) is 17.7 Å². The SMILES string of the molecule is CCCCCCCCCCCCNS(=O)(=O)c1ccc2c(c1)C(=O)c1ccccc1C2=O. The number of ketones is 2. The second kappa shape index (κ2) is 11.5. The molecule has 0 heterocycles. The number of sulfonamides is 1. The van der Waals surface area contributed by atoms with E-state index in [1.807, 2.05) is 0 Å². The predicted octanol–water partition coefficient (Wildman–Crippen LogP) is 5.66. The van der Waals surface area contributed by atoms with Gasteiger partial charge in [-0.25, -0.2) is 13.1 Å². The fourth-order valence-corrected chi connectivity index (χ4v) is 5.25. The number of rotatable bonds is 13. The molecule has 0 aliphatic heterocycles. The van der Waals surface area contributed by atoms with Crippen LogP contribution in [0.4, 0.5) is 0 Å². The predicted molar refractivity (Wildman–Crippen MR) is 127 cm³/mol. The summed E-state index contributed by atoms with van der Waals surface area (Å²) in [6.45, 7) is 2.59. The molecule has 2 aromatic rings. The van der Waals surface area contributed by atoms with Crippen molar-refractivity contribution in [1.29, 1.82) is 0 Å². The molecule has 0 saturated carbocycles. The summed E-state index contributed by atoms with van der Waals surface area (Å²) in [5.41, 5.74) is 1.08. The lowest BCUT2D eigenvalue weighted by atomic mass is 9.84. The van der Waals surface area contributed by atoms with E-state index in [9.17, 15) is 18.0 Å². The van der Waals surface area contributed by atoms with Gasteiger partial charge in [0.1, 0.15) is 0 Å². The van der Waals surface area contributed by atoms with Gasteiger partial charge < -0.3 is 0 Å². The second-order valence-electron chi connectivity index (χ2n) is 8.49. The van der Waals surface area contributed by atoms with E-state index in [2.05, 4.69) is 11.6 Å². The Morgan fingerprint density at radius 3 is 1.75 bits per heavy atom. The molecule has 32 heavy (non-hydrogen) atoms. The molecule has 0 saturated heterocycles. The van der Waals surface area contributed by atoms with Crippen LogP contribution >= 0.6 is 0 Å². The first-order chi connectivity index (χ1) is 15.5. The number of unbranched alkanes of at least 4 members (excludes halogenated alkanes) is 9. The van der Waals surface area contributed by atoms with E-state index in [1.54, 1.807) is 24.3 Å². The highest BCUT2D eigenvalue weighted by atomic mass is 32.2. The molecule has 2 aromatic carbocycles. The van der Waals surface area contributed by atoms with Crippen LogP contribution in [0.5, 0.6) is 0 Å². The van der Waals surface area contributed by atoms with Crippen LogP contribution in [0.1, 0.15) is 103 Å². The molecule has 5 nitrogen and oxygen atoms in total. The zero-order valence-corrected chi connectivity index (χ0v) is 19.7. The van der Waals surface area contributed by atoms with Crippen LogP contribution in [0.2, 0.25) is 0 Å². The van der Waals surface area contributed by atoms with Gasteiger partial charge in [0, 0.05) is 28.8 Å².